The molecule has 19 heavy (non-hydrogen) atoms. The molecule has 1 amide bonds. The van der Waals surface area contributed by atoms with E-state index in [9.17, 15) is 19.8 Å². The first-order valence-electron chi connectivity index (χ1n) is 6.26. The van der Waals surface area contributed by atoms with Gasteiger partial charge in [0.15, 0.2) is 0 Å². The second kappa shape index (κ2) is 6.22. The summed E-state index contributed by atoms with van der Waals surface area (Å²) in [5, 5.41) is 21.1. The minimum atomic E-state index is -1.21. The van der Waals surface area contributed by atoms with Gasteiger partial charge in [-0.2, -0.15) is 0 Å². The highest BCUT2D eigenvalue weighted by atomic mass is 16.4. The number of benzene rings is 1. The van der Waals surface area contributed by atoms with Gasteiger partial charge in [-0.3, -0.25) is 4.79 Å². The summed E-state index contributed by atoms with van der Waals surface area (Å²) in [7, 11) is 0. The van der Waals surface area contributed by atoms with E-state index in [1.807, 2.05) is 0 Å². The van der Waals surface area contributed by atoms with Gasteiger partial charge in [-0.15, -0.1) is 0 Å². The second-order valence-electron chi connectivity index (χ2n) is 4.49. The zero-order valence-electron chi connectivity index (χ0n) is 11.1. The van der Waals surface area contributed by atoms with Crippen LogP contribution in [-0.2, 0) is 16.0 Å². The van der Waals surface area contributed by atoms with Gasteiger partial charge in [0.05, 0.1) is 6.42 Å². The van der Waals surface area contributed by atoms with Crippen molar-refractivity contribution >= 4 is 11.9 Å². The summed E-state index contributed by atoms with van der Waals surface area (Å²) in [6.07, 6.45) is 0.693. The van der Waals surface area contributed by atoms with E-state index in [4.69, 9.17) is 0 Å². The molecule has 0 atom stereocenters. The number of carboxylic acid groups (broad SMARTS) is 1. The third-order valence-corrected chi connectivity index (χ3v) is 3.27. The molecule has 0 aliphatic heterocycles. The number of aliphatic carboxylic acids is 1. The maximum absolute atomic E-state index is 11.9. The molecular weight excluding hydrogens is 246 g/mol. The Kier molecular flexibility index (Phi) is 4.92. The third-order valence-electron chi connectivity index (χ3n) is 3.27. The van der Waals surface area contributed by atoms with Gasteiger partial charge in [0, 0.05) is 0 Å². The van der Waals surface area contributed by atoms with Crippen molar-refractivity contribution in [2.75, 3.05) is 0 Å². The van der Waals surface area contributed by atoms with E-state index >= 15 is 0 Å². The number of amides is 1. The van der Waals surface area contributed by atoms with E-state index in [0.29, 0.717) is 18.4 Å². The normalized spacial score (nSPS) is 11.1. The summed E-state index contributed by atoms with van der Waals surface area (Å²) < 4.78 is 0. The maximum atomic E-state index is 11.9. The van der Waals surface area contributed by atoms with E-state index in [0.717, 1.165) is 0 Å². The smallest absolute Gasteiger partial charge is 0.329 e. The summed E-state index contributed by atoms with van der Waals surface area (Å²) in [5.74, 6) is -1.31. The van der Waals surface area contributed by atoms with Crippen LogP contribution in [0.2, 0.25) is 0 Å². The summed E-state index contributed by atoms with van der Waals surface area (Å²) in [5.41, 5.74) is -0.572. The quantitative estimate of drug-likeness (QED) is 0.730. The summed E-state index contributed by atoms with van der Waals surface area (Å²) in [6.45, 7) is 3.46. The first kappa shape index (κ1) is 15.0. The molecule has 3 N–H and O–H groups in total. The van der Waals surface area contributed by atoms with Crippen LogP contribution < -0.4 is 5.32 Å². The molecule has 0 saturated carbocycles. The van der Waals surface area contributed by atoms with Crippen LogP contribution in [0.25, 0.3) is 0 Å². The molecule has 5 heteroatoms. The molecule has 1 aromatic carbocycles. The Morgan fingerprint density at radius 1 is 1.26 bits per heavy atom. The van der Waals surface area contributed by atoms with Crippen molar-refractivity contribution in [3.63, 3.8) is 0 Å². The maximum Gasteiger partial charge on any atom is 0.329 e. The lowest BCUT2D eigenvalue weighted by atomic mass is 9.92. The molecule has 0 spiro atoms. The molecule has 0 saturated heterocycles. The fraction of sp³-hybridized carbons (Fsp3) is 0.429. The van der Waals surface area contributed by atoms with Crippen molar-refractivity contribution < 1.29 is 19.8 Å². The van der Waals surface area contributed by atoms with E-state index in [-0.39, 0.29) is 18.1 Å². The van der Waals surface area contributed by atoms with Crippen LogP contribution >= 0.6 is 0 Å². The molecule has 5 nitrogen and oxygen atoms in total. The number of hydrogen-bond acceptors (Lipinski definition) is 3. The molecule has 0 aliphatic carbocycles. The Morgan fingerprint density at radius 3 is 2.37 bits per heavy atom. The predicted octanol–water partition coefficient (Wildman–Crippen LogP) is 1.69. The van der Waals surface area contributed by atoms with Crippen molar-refractivity contribution in [3.8, 4) is 5.75 Å². The largest absolute Gasteiger partial charge is 0.508 e. The molecule has 0 heterocycles. The van der Waals surface area contributed by atoms with E-state index < -0.39 is 11.5 Å². The predicted molar refractivity (Wildman–Crippen MR) is 70.9 cm³/mol. The van der Waals surface area contributed by atoms with Crippen LogP contribution in [0.5, 0.6) is 5.75 Å². The minimum absolute atomic E-state index is 0.0451. The Hall–Kier alpha value is -2.04. The number of phenols is 1. The summed E-state index contributed by atoms with van der Waals surface area (Å²) in [6, 6.07) is 6.35. The fourth-order valence-electron chi connectivity index (χ4n) is 1.95. The molecule has 0 bridgehead atoms. The van der Waals surface area contributed by atoms with Gasteiger partial charge in [-0.25, -0.2) is 4.79 Å². The van der Waals surface area contributed by atoms with Crippen molar-refractivity contribution in [1.82, 2.24) is 5.32 Å². The summed E-state index contributed by atoms with van der Waals surface area (Å²) in [4.78, 5) is 23.2. The highest BCUT2D eigenvalue weighted by molar-refractivity contribution is 5.87. The highest BCUT2D eigenvalue weighted by Crippen LogP contribution is 2.16. The van der Waals surface area contributed by atoms with Gasteiger partial charge in [0.2, 0.25) is 5.91 Å². The van der Waals surface area contributed by atoms with Gasteiger partial charge in [0.1, 0.15) is 11.3 Å². The van der Waals surface area contributed by atoms with Crippen LogP contribution in [0, 0.1) is 0 Å². The van der Waals surface area contributed by atoms with Crippen molar-refractivity contribution in [2.45, 2.75) is 38.6 Å². The number of aromatic hydroxyl groups is 1. The number of carbonyl (C=O) groups excluding carboxylic acids is 1. The molecule has 0 unspecified atom stereocenters. The number of phenolic OH excluding ortho intramolecular Hbond substituents is 1. The number of nitrogens with one attached hydrogen (secondary N) is 1. The lowest BCUT2D eigenvalue weighted by molar-refractivity contribution is -0.148. The minimum Gasteiger partial charge on any atom is -0.508 e. The average Bonchev–Trinajstić information content (AvgIpc) is 2.35. The second-order valence-corrected chi connectivity index (χ2v) is 4.49. The molecule has 0 fully saturated rings. The van der Waals surface area contributed by atoms with Gasteiger partial charge < -0.3 is 15.5 Å². The van der Waals surface area contributed by atoms with Gasteiger partial charge in [-0.05, 0) is 30.5 Å². The van der Waals surface area contributed by atoms with Gasteiger partial charge >= 0.3 is 5.97 Å². The molecule has 0 aliphatic rings. The number of rotatable bonds is 6. The van der Waals surface area contributed by atoms with E-state index in [1.54, 1.807) is 26.0 Å². The monoisotopic (exact) mass is 265 g/mol. The third kappa shape index (κ3) is 3.71. The zero-order valence-corrected chi connectivity index (χ0v) is 11.1. The Bertz CT molecular complexity index is 466. The van der Waals surface area contributed by atoms with Crippen LogP contribution in [0.3, 0.4) is 0 Å². The molecule has 0 aromatic heterocycles. The Balaban J connectivity index is 2.76. The number of carboxylic acids is 1. The highest BCUT2D eigenvalue weighted by Gasteiger charge is 2.36. The number of hydrogen-bond donors (Lipinski definition) is 3. The van der Waals surface area contributed by atoms with Gasteiger partial charge in [0.25, 0.3) is 0 Å². The van der Waals surface area contributed by atoms with Crippen LogP contribution in [0.1, 0.15) is 32.3 Å². The Morgan fingerprint density at radius 2 is 1.89 bits per heavy atom. The van der Waals surface area contributed by atoms with E-state index in [2.05, 4.69) is 5.32 Å². The van der Waals surface area contributed by atoms with Crippen LogP contribution in [0.4, 0.5) is 0 Å². The summed E-state index contributed by atoms with van der Waals surface area (Å²) >= 11 is 0. The van der Waals surface area contributed by atoms with Crippen LogP contribution in [0.15, 0.2) is 24.3 Å². The Labute approximate surface area is 112 Å². The standard InChI is InChI=1S/C14H19NO4/c1-3-14(4-2,13(18)19)15-12(17)9-10-6-5-7-11(16)8-10/h5-8,16H,3-4,9H2,1-2H3,(H,15,17)(H,18,19). The lowest BCUT2D eigenvalue weighted by Gasteiger charge is -2.28. The molecule has 1 aromatic rings. The van der Waals surface area contributed by atoms with Crippen molar-refractivity contribution in [3.05, 3.63) is 29.8 Å². The molecule has 104 valence electrons. The van der Waals surface area contributed by atoms with Crippen molar-refractivity contribution in [2.24, 2.45) is 0 Å². The first-order chi connectivity index (χ1) is 8.93. The average molecular weight is 265 g/mol. The topological polar surface area (TPSA) is 86.6 Å². The van der Waals surface area contributed by atoms with Crippen molar-refractivity contribution in [1.29, 1.82) is 0 Å². The molecule has 1 rings (SSSR count). The molecule has 0 radical (unpaired) electrons. The zero-order chi connectivity index (χ0) is 14.5. The van der Waals surface area contributed by atoms with Crippen LogP contribution in [-0.4, -0.2) is 27.6 Å². The fourth-order valence-corrected chi connectivity index (χ4v) is 1.95. The number of carbonyl (C=O) groups is 2. The van der Waals surface area contributed by atoms with Gasteiger partial charge in [-0.1, -0.05) is 26.0 Å². The SMILES string of the molecule is CCC(CC)(NC(=O)Cc1cccc(O)c1)C(=O)O. The first-order valence-corrected chi connectivity index (χ1v) is 6.26. The lowest BCUT2D eigenvalue weighted by Crippen LogP contribution is -2.54. The molecular formula is C14H19NO4. The van der Waals surface area contributed by atoms with E-state index in [1.165, 1.54) is 12.1 Å².